The van der Waals surface area contributed by atoms with E-state index in [4.69, 9.17) is 4.74 Å². The van der Waals surface area contributed by atoms with E-state index in [0.29, 0.717) is 5.52 Å². The number of halogens is 1. The zero-order valence-corrected chi connectivity index (χ0v) is 24.6. The number of carboxylic acid groups (broad SMARTS) is 1. The number of carbonyl (C=O) groups excluding carboxylic acids is 1. The summed E-state index contributed by atoms with van der Waals surface area (Å²) in [5, 5.41) is 15.9. The van der Waals surface area contributed by atoms with E-state index in [9.17, 15) is 53.3 Å². The normalized spacial score (nSPS) is 16.3. The first-order valence-electron chi connectivity index (χ1n) is 13.3. The number of aromatic nitrogens is 1. The number of nitrogens with zero attached hydrogens (tertiary/aromatic N) is 3. The Bertz CT molecular complexity index is 1770. The molecule has 0 unspecified atom stereocenters. The molecule has 0 spiro atoms. The summed E-state index contributed by atoms with van der Waals surface area (Å²) in [7, 11) is -11.3. The largest absolute Gasteiger partial charge is 0.477 e. The Morgan fingerprint density at radius 2 is 1.57 bits per heavy atom. The van der Waals surface area contributed by atoms with Gasteiger partial charge in [-0.2, -0.15) is 0 Å². The predicted octanol–water partition coefficient (Wildman–Crippen LogP) is 2.04. The van der Waals surface area contributed by atoms with Gasteiger partial charge >= 0.3 is 27.3 Å². The molecule has 0 atom stereocenters. The number of fused-ring (bicyclic) bond motifs is 1. The molecule has 1 saturated carbocycles. The third-order valence-electron chi connectivity index (χ3n) is 7.65. The summed E-state index contributed by atoms with van der Waals surface area (Å²) >= 11 is 0. The minimum Gasteiger partial charge on any atom is -0.477 e. The number of benzene rings is 2. The highest BCUT2D eigenvalue weighted by Crippen LogP contribution is 2.68. The van der Waals surface area contributed by atoms with Crippen LogP contribution in [0.5, 0.6) is 5.75 Å². The van der Waals surface area contributed by atoms with Crippen molar-refractivity contribution in [3.8, 4) is 5.75 Å². The van der Waals surface area contributed by atoms with E-state index in [-0.39, 0.29) is 54.6 Å². The van der Waals surface area contributed by atoms with Gasteiger partial charge in [-0.3, -0.25) is 13.9 Å². The second kappa shape index (κ2) is 11.4. The Morgan fingerprint density at radius 1 is 0.977 bits per heavy atom. The van der Waals surface area contributed by atoms with E-state index in [1.54, 1.807) is 9.47 Å². The summed E-state index contributed by atoms with van der Waals surface area (Å²) in [6, 6.07) is 7.39. The second-order valence-corrected chi connectivity index (χ2v) is 14.7. The maximum Gasteiger partial charge on any atom is 0.415 e. The van der Waals surface area contributed by atoms with Crippen LogP contribution in [-0.4, -0.2) is 82.6 Å². The van der Waals surface area contributed by atoms with Gasteiger partial charge in [0.2, 0.25) is 5.43 Å². The molecule has 3 aromatic rings. The summed E-state index contributed by atoms with van der Waals surface area (Å²) in [6.07, 6.45) is 1.08. The van der Waals surface area contributed by atoms with Crippen molar-refractivity contribution in [2.75, 3.05) is 31.1 Å². The van der Waals surface area contributed by atoms with Gasteiger partial charge in [0.05, 0.1) is 11.2 Å². The van der Waals surface area contributed by atoms with Crippen molar-refractivity contribution < 1.29 is 57.6 Å². The standard InChI is InChI=1S/C26H28FN3O12P2/c27-20-11-18-21(30(16-3-4-16)14-19(23(18)31)24(32)33)12-22(20)28-7-9-29(10-8-28)25(34)42-17-5-1-15(2-6-17)13-26(35,43(36,37)38)44(39,40)41/h1-2,5-6,11-12,14,16,35H,3-4,7-10,13H2,(H,32,33)(H2,36,37,38)(H2,39,40,41). The van der Waals surface area contributed by atoms with Crippen molar-refractivity contribution in [3.63, 3.8) is 0 Å². The minimum absolute atomic E-state index is 0.0106. The lowest BCUT2D eigenvalue weighted by Gasteiger charge is -2.35. The summed E-state index contributed by atoms with van der Waals surface area (Å²) in [6.45, 7) is 0.695. The molecule has 15 nitrogen and oxygen atoms in total. The van der Waals surface area contributed by atoms with Gasteiger partial charge in [-0.1, -0.05) is 12.1 Å². The highest BCUT2D eigenvalue weighted by atomic mass is 31.2. The zero-order chi connectivity index (χ0) is 32.2. The molecule has 2 heterocycles. The van der Waals surface area contributed by atoms with Crippen LogP contribution in [0.1, 0.15) is 34.8 Å². The topological polar surface area (TPSA) is 227 Å². The zero-order valence-electron chi connectivity index (χ0n) is 22.8. The second-order valence-electron chi connectivity index (χ2n) is 10.7. The molecule has 0 bridgehead atoms. The fourth-order valence-corrected chi connectivity index (χ4v) is 7.16. The number of carbonyl (C=O) groups is 2. The third-order valence-corrected chi connectivity index (χ3v) is 11.4. The average molecular weight is 655 g/mol. The molecule has 0 radical (unpaired) electrons. The SMILES string of the molecule is O=C(O)c1cn(C2CC2)c2cc(N3CCN(C(=O)Oc4ccc(CC(O)(P(=O)(O)O)P(=O)(O)O)cc4)CC3)c(F)cc2c1=O. The fourth-order valence-electron chi connectivity index (χ4n) is 5.03. The van der Waals surface area contributed by atoms with Crippen molar-refractivity contribution in [1.29, 1.82) is 0 Å². The first-order valence-corrected chi connectivity index (χ1v) is 16.5. The number of ether oxygens (including phenoxy) is 1. The van der Waals surface area contributed by atoms with Gasteiger partial charge < -0.3 is 48.9 Å². The van der Waals surface area contributed by atoms with Crippen LogP contribution in [0.15, 0.2) is 47.4 Å². The van der Waals surface area contributed by atoms with E-state index >= 15 is 4.39 Å². The van der Waals surface area contributed by atoms with Gasteiger partial charge in [-0.05, 0) is 42.7 Å². The molecule has 18 heteroatoms. The van der Waals surface area contributed by atoms with Crippen LogP contribution in [-0.2, 0) is 15.6 Å². The smallest absolute Gasteiger partial charge is 0.415 e. The van der Waals surface area contributed by atoms with Crippen LogP contribution in [0.25, 0.3) is 10.9 Å². The molecule has 1 aliphatic heterocycles. The van der Waals surface area contributed by atoms with Crippen molar-refractivity contribution in [1.82, 2.24) is 9.47 Å². The van der Waals surface area contributed by atoms with Crippen molar-refractivity contribution in [2.24, 2.45) is 0 Å². The van der Waals surface area contributed by atoms with E-state index < -0.39 is 55.6 Å². The Balaban J connectivity index is 1.26. The Hall–Kier alpha value is -3.62. The third kappa shape index (κ3) is 6.02. The number of hydrogen-bond acceptors (Lipinski definition) is 8. The maximum absolute atomic E-state index is 15.2. The Kier molecular flexibility index (Phi) is 8.23. The molecule has 1 saturated heterocycles. The number of pyridine rings is 1. The molecule has 1 amide bonds. The van der Waals surface area contributed by atoms with Gasteiger partial charge in [0.1, 0.15) is 17.1 Å². The maximum atomic E-state index is 15.2. The number of aliphatic hydroxyl groups is 1. The van der Waals surface area contributed by atoms with Gasteiger partial charge in [-0.25, -0.2) is 14.0 Å². The molecule has 2 aliphatic rings. The minimum atomic E-state index is -5.65. The first kappa shape index (κ1) is 31.8. The first-order chi connectivity index (χ1) is 20.5. The van der Waals surface area contributed by atoms with Gasteiger partial charge in [0, 0.05) is 50.2 Å². The lowest BCUT2D eigenvalue weighted by Crippen LogP contribution is -2.49. The molecule has 2 aromatic carbocycles. The number of carboxylic acids is 1. The summed E-state index contributed by atoms with van der Waals surface area (Å²) in [4.78, 5) is 77.4. The van der Waals surface area contributed by atoms with Gasteiger partial charge in [0.15, 0.2) is 0 Å². The van der Waals surface area contributed by atoms with Gasteiger partial charge in [-0.15, -0.1) is 0 Å². The number of aromatic carboxylic acids is 1. The number of piperazine rings is 1. The molecule has 1 aliphatic carbocycles. The molecule has 5 rings (SSSR count). The van der Waals surface area contributed by atoms with E-state index in [2.05, 4.69) is 0 Å². The van der Waals surface area contributed by atoms with Gasteiger partial charge in [0.25, 0.3) is 5.08 Å². The molecule has 1 aromatic heterocycles. The number of anilines is 1. The molecule has 236 valence electrons. The fraction of sp³-hybridized carbons (Fsp3) is 0.346. The number of rotatable bonds is 8. The van der Waals surface area contributed by atoms with Crippen LogP contribution in [0.3, 0.4) is 0 Å². The van der Waals surface area contributed by atoms with Crippen LogP contribution >= 0.6 is 15.2 Å². The lowest BCUT2D eigenvalue weighted by molar-refractivity contribution is 0.0694. The molecular formula is C26H28FN3O12P2. The summed E-state index contributed by atoms with van der Waals surface area (Å²) < 4.78 is 45.4. The summed E-state index contributed by atoms with van der Waals surface area (Å²) in [5.74, 6) is -2.09. The van der Waals surface area contributed by atoms with Crippen LogP contribution in [0, 0.1) is 5.82 Å². The number of amides is 1. The van der Waals surface area contributed by atoms with Crippen molar-refractivity contribution >= 4 is 43.8 Å². The van der Waals surface area contributed by atoms with Crippen molar-refractivity contribution in [3.05, 3.63) is 69.8 Å². The molecule has 44 heavy (non-hydrogen) atoms. The predicted molar refractivity (Wildman–Crippen MR) is 152 cm³/mol. The lowest BCUT2D eigenvalue weighted by atomic mass is 10.1. The number of hydrogen-bond donors (Lipinski definition) is 6. The monoisotopic (exact) mass is 655 g/mol. The molecular weight excluding hydrogens is 627 g/mol. The highest BCUT2D eigenvalue weighted by molar-refractivity contribution is 7.72. The van der Waals surface area contributed by atoms with Crippen molar-refractivity contribution in [2.45, 2.75) is 30.4 Å². The Labute approximate surface area is 248 Å². The van der Waals surface area contributed by atoms with E-state index in [1.807, 2.05) is 0 Å². The molecule has 2 fully saturated rings. The van der Waals surface area contributed by atoms with Crippen LogP contribution < -0.4 is 15.1 Å². The Morgan fingerprint density at radius 3 is 2.09 bits per heavy atom. The molecule has 6 N–H and O–H groups in total. The van der Waals surface area contributed by atoms with Crippen LogP contribution in [0.2, 0.25) is 0 Å². The average Bonchev–Trinajstić information content (AvgIpc) is 3.78. The highest BCUT2D eigenvalue weighted by Gasteiger charge is 2.59. The van der Waals surface area contributed by atoms with E-state index in [0.717, 1.165) is 18.9 Å². The van der Waals surface area contributed by atoms with Crippen LogP contribution in [0.4, 0.5) is 14.9 Å². The van der Waals surface area contributed by atoms with E-state index in [1.165, 1.54) is 41.4 Å². The quantitative estimate of drug-likeness (QED) is 0.191. The summed E-state index contributed by atoms with van der Waals surface area (Å²) in [5.41, 5.74) is -0.624.